The van der Waals surface area contributed by atoms with Crippen LogP contribution in [0.4, 0.5) is 0 Å². The van der Waals surface area contributed by atoms with Crippen LogP contribution in [0, 0.1) is 0 Å². The summed E-state index contributed by atoms with van der Waals surface area (Å²) < 4.78 is 5.96. The van der Waals surface area contributed by atoms with Crippen LogP contribution in [-0.2, 0) is 4.74 Å². The molecule has 0 aromatic heterocycles. The van der Waals surface area contributed by atoms with Crippen LogP contribution in [0.25, 0.3) is 0 Å². The monoisotopic (exact) mass is 277 g/mol. The van der Waals surface area contributed by atoms with Gasteiger partial charge in [-0.3, -0.25) is 0 Å². The molecule has 0 fully saturated rings. The fourth-order valence-corrected chi connectivity index (χ4v) is 2.58. The summed E-state index contributed by atoms with van der Waals surface area (Å²) in [6.07, 6.45) is 1.13. The van der Waals surface area contributed by atoms with E-state index in [1.165, 1.54) is 11.1 Å². The van der Waals surface area contributed by atoms with Crippen LogP contribution < -0.4 is 5.32 Å². The molecule has 20 heavy (non-hydrogen) atoms. The highest BCUT2D eigenvalue weighted by Gasteiger charge is 2.30. The molecule has 2 heteroatoms. The van der Waals surface area contributed by atoms with Gasteiger partial charge in [-0.2, -0.15) is 0 Å². The van der Waals surface area contributed by atoms with Gasteiger partial charge in [0, 0.05) is 6.61 Å². The zero-order chi connectivity index (χ0) is 15.2. The molecule has 1 N–H and O–H groups in total. The topological polar surface area (TPSA) is 21.3 Å². The van der Waals surface area contributed by atoms with Crippen LogP contribution >= 0.6 is 0 Å². The fourth-order valence-electron chi connectivity index (χ4n) is 2.58. The Kier molecular flexibility index (Phi) is 6.70. The van der Waals surface area contributed by atoms with E-state index in [-0.39, 0.29) is 11.6 Å². The molecule has 0 heterocycles. The Morgan fingerprint density at radius 3 is 2.05 bits per heavy atom. The van der Waals surface area contributed by atoms with Gasteiger partial charge in [-0.05, 0) is 50.8 Å². The summed E-state index contributed by atoms with van der Waals surface area (Å²) in [5, 5.41) is 3.63. The van der Waals surface area contributed by atoms with Crippen LogP contribution in [0.2, 0.25) is 0 Å². The van der Waals surface area contributed by atoms with E-state index in [9.17, 15) is 0 Å². The molecule has 1 atom stereocenters. The average molecular weight is 277 g/mol. The SMILES string of the molecule is CCCNC(c1ccc(C(C)C)cc1)C(C)(C)OCC. The maximum Gasteiger partial charge on any atom is 0.0820 e. The van der Waals surface area contributed by atoms with Crippen LogP contribution in [0.15, 0.2) is 24.3 Å². The van der Waals surface area contributed by atoms with E-state index in [0.717, 1.165) is 19.6 Å². The Balaban J connectivity index is 2.97. The van der Waals surface area contributed by atoms with Crippen molar-refractivity contribution in [1.29, 1.82) is 0 Å². The summed E-state index contributed by atoms with van der Waals surface area (Å²) in [4.78, 5) is 0. The van der Waals surface area contributed by atoms with Gasteiger partial charge in [0.05, 0.1) is 11.6 Å². The van der Waals surface area contributed by atoms with Crippen molar-refractivity contribution in [2.45, 2.75) is 65.5 Å². The molecule has 0 amide bonds. The Bertz CT molecular complexity index is 381. The van der Waals surface area contributed by atoms with E-state index in [4.69, 9.17) is 4.74 Å². The first-order valence-electron chi connectivity index (χ1n) is 7.89. The van der Waals surface area contributed by atoms with Gasteiger partial charge in [-0.1, -0.05) is 45.0 Å². The molecule has 0 radical (unpaired) electrons. The normalized spacial score (nSPS) is 13.8. The molecule has 0 aliphatic carbocycles. The lowest BCUT2D eigenvalue weighted by atomic mass is 9.90. The molecule has 0 saturated carbocycles. The lowest BCUT2D eigenvalue weighted by molar-refractivity contribution is -0.0391. The molecular formula is C18H31NO. The molecule has 0 aliphatic heterocycles. The maximum absolute atomic E-state index is 5.96. The molecule has 0 saturated heterocycles. The zero-order valence-corrected chi connectivity index (χ0v) is 14.0. The predicted molar refractivity (Wildman–Crippen MR) is 87.3 cm³/mol. The van der Waals surface area contributed by atoms with Gasteiger partial charge in [-0.15, -0.1) is 0 Å². The van der Waals surface area contributed by atoms with E-state index in [1.807, 2.05) is 0 Å². The van der Waals surface area contributed by atoms with Gasteiger partial charge >= 0.3 is 0 Å². The lowest BCUT2D eigenvalue weighted by Gasteiger charge is -2.35. The third-order valence-corrected chi connectivity index (χ3v) is 3.75. The highest BCUT2D eigenvalue weighted by Crippen LogP contribution is 2.30. The number of hydrogen-bond acceptors (Lipinski definition) is 2. The number of rotatable bonds is 8. The van der Waals surface area contributed by atoms with Crippen LogP contribution in [0.3, 0.4) is 0 Å². The Morgan fingerprint density at radius 1 is 1.05 bits per heavy atom. The molecule has 0 spiro atoms. The van der Waals surface area contributed by atoms with Crippen molar-refractivity contribution in [3.63, 3.8) is 0 Å². The molecule has 1 aromatic carbocycles. The number of hydrogen-bond donors (Lipinski definition) is 1. The summed E-state index contributed by atoms with van der Waals surface area (Å²) in [5.41, 5.74) is 2.49. The van der Waals surface area contributed by atoms with Crippen molar-refractivity contribution in [2.24, 2.45) is 0 Å². The van der Waals surface area contributed by atoms with Gasteiger partial charge in [0.1, 0.15) is 0 Å². The minimum Gasteiger partial charge on any atom is -0.374 e. The molecule has 0 aliphatic rings. The van der Waals surface area contributed by atoms with Crippen LogP contribution in [0.5, 0.6) is 0 Å². The Labute approximate surface area is 124 Å². The van der Waals surface area contributed by atoms with Gasteiger partial charge in [0.25, 0.3) is 0 Å². The highest BCUT2D eigenvalue weighted by atomic mass is 16.5. The summed E-state index contributed by atoms with van der Waals surface area (Å²) >= 11 is 0. The fraction of sp³-hybridized carbons (Fsp3) is 0.667. The first kappa shape index (κ1) is 17.2. The third-order valence-electron chi connectivity index (χ3n) is 3.75. The molecule has 1 unspecified atom stereocenters. The van der Waals surface area contributed by atoms with Gasteiger partial charge in [0.15, 0.2) is 0 Å². The number of benzene rings is 1. The third kappa shape index (κ3) is 4.60. The van der Waals surface area contributed by atoms with Gasteiger partial charge in [-0.25, -0.2) is 0 Å². The molecular weight excluding hydrogens is 246 g/mol. The van der Waals surface area contributed by atoms with Gasteiger partial charge in [0.2, 0.25) is 0 Å². The maximum atomic E-state index is 5.96. The Morgan fingerprint density at radius 2 is 1.60 bits per heavy atom. The standard InChI is InChI=1S/C18H31NO/c1-7-13-19-17(18(5,6)20-8-2)16-11-9-15(10-12-16)14(3)4/h9-12,14,17,19H,7-8,13H2,1-6H3. The van der Waals surface area contributed by atoms with Crippen molar-refractivity contribution < 1.29 is 4.74 Å². The summed E-state index contributed by atoms with van der Waals surface area (Å²) in [5.74, 6) is 0.575. The quantitative estimate of drug-likeness (QED) is 0.746. The molecule has 2 nitrogen and oxygen atoms in total. The molecule has 1 rings (SSSR count). The van der Waals surface area contributed by atoms with Crippen LogP contribution in [-0.4, -0.2) is 18.8 Å². The van der Waals surface area contributed by atoms with Crippen molar-refractivity contribution >= 4 is 0 Å². The number of nitrogens with one attached hydrogen (secondary N) is 1. The second kappa shape index (κ2) is 7.80. The molecule has 114 valence electrons. The van der Waals surface area contributed by atoms with Crippen molar-refractivity contribution in [3.05, 3.63) is 35.4 Å². The van der Waals surface area contributed by atoms with E-state index >= 15 is 0 Å². The minimum absolute atomic E-state index is 0.205. The predicted octanol–water partition coefficient (Wildman–Crippen LogP) is 4.67. The van der Waals surface area contributed by atoms with Crippen LogP contribution in [0.1, 0.15) is 71.0 Å². The largest absolute Gasteiger partial charge is 0.374 e. The smallest absolute Gasteiger partial charge is 0.0820 e. The number of ether oxygens (including phenoxy) is 1. The van der Waals surface area contributed by atoms with E-state index in [1.54, 1.807) is 0 Å². The zero-order valence-electron chi connectivity index (χ0n) is 14.0. The van der Waals surface area contributed by atoms with E-state index in [2.05, 4.69) is 71.1 Å². The van der Waals surface area contributed by atoms with E-state index < -0.39 is 0 Å². The summed E-state index contributed by atoms with van der Waals surface area (Å²) in [6, 6.07) is 9.18. The first-order chi connectivity index (χ1) is 9.42. The highest BCUT2D eigenvalue weighted by molar-refractivity contribution is 5.28. The summed E-state index contributed by atoms with van der Waals surface area (Å²) in [6.45, 7) is 14.8. The van der Waals surface area contributed by atoms with Crippen molar-refractivity contribution in [3.8, 4) is 0 Å². The summed E-state index contributed by atoms with van der Waals surface area (Å²) in [7, 11) is 0. The second-order valence-corrected chi connectivity index (χ2v) is 6.24. The first-order valence-corrected chi connectivity index (χ1v) is 7.89. The Hall–Kier alpha value is -0.860. The second-order valence-electron chi connectivity index (χ2n) is 6.24. The lowest BCUT2D eigenvalue weighted by Crippen LogP contribution is -2.42. The van der Waals surface area contributed by atoms with Crippen molar-refractivity contribution in [1.82, 2.24) is 5.32 Å². The van der Waals surface area contributed by atoms with Crippen molar-refractivity contribution in [2.75, 3.05) is 13.2 Å². The van der Waals surface area contributed by atoms with Gasteiger partial charge < -0.3 is 10.1 Å². The molecule has 1 aromatic rings. The minimum atomic E-state index is -0.205. The average Bonchev–Trinajstić information content (AvgIpc) is 2.39. The van der Waals surface area contributed by atoms with E-state index in [0.29, 0.717) is 5.92 Å². The molecule has 0 bridgehead atoms.